The molecule has 1 aliphatic rings. The van der Waals surface area contributed by atoms with Crippen molar-refractivity contribution in [2.45, 2.75) is 33.1 Å². The van der Waals surface area contributed by atoms with Gasteiger partial charge >= 0.3 is 0 Å². The van der Waals surface area contributed by atoms with Gasteiger partial charge in [-0.1, -0.05) is 26.0 Å². The number of hydrogen-bond acceptors (Lipinski definition) is 3. The molecule has 0 saturated carbocycles. The summed E-state index contributed by atoms with van der Waals surface area (Å²) in [5.74, 6) is 0.228. The van der Waals surface area contributed by atoms with E-state index < -0.39 is 0 Å². The number of nitrogen functional groups attached to an aromatic ring is 1. The smallest absolute Gasteiger partial charge is 0.165 e. The number of anilines is 1. The average molecular weight is 345 g/mol. The lowest BCUT2D eigenvalue weighted by atomic mass is 9.75. The number of nitrogens with zero attached hydrogens (tertiary/aromatic N) is 1. The highest BCUT2D eigenvalue weighted by Crippen LogP contribution is 2.40. The van der Waals surface area contributed by atoms with Crippen LogP contribution in [0.3, 0.4) is 0 Å². The predicted molar refractivity (Wildman–Crippen MR) is 104 cm³/mol. The second-order valence-corrected chi connectivity index (χ2v) is 7.93. The highest BCUT2D eigenvalue weighted by atomic mass is 16.1. The monoisotopic (exact) mass is 345 g/mol. The van der Waals surface area contributed by atoms with Gasteiger partial charge in [0.15, 0.2) is 5.78 Å². The quantitative estimate of drug-likeness (QED) is 0.691. The number of hydrogen-bond donors (Lipinski definition) is 2. The molecule has 4 nitrogen and oxygen atoms in total. The van der Waals surface area contributed by atoms with Gasteiger partial charge in [0.2, 0.25) is 0 Å². The Bertz CT molecular complexity index is 970. The Morgan fingerprint density at radius 2 is 1.92 bits per heavy atom. The van der Waals surface area contributed by atoms with Crippen LogP contribution >= 0.6 is 0 Å². The van der Waals surface area contributed by atoms with Gasteiger partial charge in [-0.05, 0) is 47.2 Å². The molecule has 0 unspecified atom stereocenters. The zero-order valence-electron chi connectivity index (χ0n) is 15.2. The Balaban J connectivity index is 1.88. The van der Waals surface area contributed by atoms with E-state index in [1.54, 1.807) is 12.4 Å². The molecule has 132 valence electrons. The molecule has 2 aromatic heterocycles. The first-order chi connectivity index (χ1) is 12.4. The van der Waals surface area contributed by atoms with Gasteiger partial charge in [0, 0.05) is 47.7 Å². The van der Waals surface area contributed by atoms with Crippen LogP contribution in [0.5, 0.6) is 0 Å². The topological polar surface area (TPSA) is 71.8 Å². The molecule has 0 aliphatic heterocycles. The highest BCUT2D eigenvalue weighted by molar-refractivity contribution is 6.02. The first-order valence-corrected chi connectivity index (χ1v) is 8.95. The molecule has 4 heteroatoms. The fourth-order valence-electron chi connectivity index (χ4n) is 3.98. The second kappa shape index (κ2) is 6.13. The van der Waals surface area contributed by atoms with Crippen molar-refractivity contribution in [3.05, 3.63) is 71.2 Å². The van der Waals surface area contributed by atoms with E-state index in [4.69, 9.17) is 5.73 Å². The second-order valence-electron chi connectivity index (χ2n) is 7.93. The maximum absolute atomic E-state index is 13.0. The summed E-state index contributed by atoms with van der Waals surface area (Å²) in [6.07, 6.45) is 5.71. The number of carbonyl (C=O) groups excluding carboxylic acids is 1. The largest absolute Gasteiger partial charge is 0.399 e. The molecule has 0 radical (unpaired) electrons. The van der Waals surface area contributed by atoms with Crippen molar-refractivity contribution >= 4 is 11.5 Å². The molecule has 0 amide bonds. The summed E-state index contributed by atoms with van der Waals surface area (Å²) < 4.78 is 0. The predicted octanol–water partition coefficient (Wildman–Crippen LogP) is 4.40. The third-order valence-corrected chi connectivity index (χ3v) is 5.06. The fraction of sp³-hybridized carbons (Fsp3) is 0.273. The fourth-order valence-corrected chi connectivity index (χ4v) is 3.98. The van der Waals surface area contributed by atoms with E-state index in [-0.39, 0.29) is 11.2 Å². The SMILES string of the molecule is CC1(C)CC(=O)c2c([nH]c(-c3ccncc3)c2Cc2cccc(N)c2)C1. The van der Waals surface area contributed by atoms with Gasteiger partial charge < -0.3 is 10.7 Å². The number of rotatable bonds is 3. The molecule has 4 rings (SSSR count). The maximum atomic E-state index is 13.0. The minimum atomic E-state index is -0.0150. The number of H-pyrrole nitrogens is 1. The third kappa shape index (κ3) is 3.03. The van der Waals surface area contributed by atoms with Crippen LogP contribution in [0.2, 0.25) is 0 Å². The van der Waals surface area contributed by atoms with Crippen molar-refractivity contribution in [1.82, 2.24) is 9.97 Å². The standard InChI is InChI=1S/C22H23N3O/c1-22(2)12-18-20(19(26)13-22)17(11-14-4-3-5-16(23)10-14)21(25-18)15-6-8-24-9-7-15/h3-10,25H,11-13,23H2,1-2H3. The number of benzene rings is 1. The van der Waals surface area contributed by atoms with E-state index in [2.05, 4.69) is 29.9 Å². The van der Waals surface area contributed by atoms with E-state index in [1.807, 2.05) is 30.3 Å². The Labute approximate surface area is 153 Å². The lowest BCUT2D eigenvalue weighted by Gasteiger charge is -2.28. The molecule has 26 heavy (non-hydrogen) atoms. The minimum Gasteiger partial charge on any atom is -0.399 e. The summed E-state index contributed by atoms with van der Waals surface area (Å²) in [6, 6.07) is 11.8. The van der Waals surface area contributed by atoms with Crippen molar-refractivity contribution in [3.63, 3.8) is 0 Å². The molecule has 0 bridgehead atoms. The summed E-state index contributed by atoms with van der Waals surface area (Å²) in [7, 11) is 0. The molecular weight excluding hydrogens is 322 g/mol. The molecule has 3 N–H and O–H groups in total. The lowest BCUT2D eigenvalue weighted by molar-refractivity contribution is 0.0911. The van der Waals surface area contributed by atoms with E-state index in [0.717, 1.165) is 45.7 Å². The van der Waals surface area contributed by atoms with Crippen LogP contribution in [0.15, 0.2) is 48.8 Å². The summed E-state index contributed by atoms with van der Waals surface area (Å²) >= 11 is 0. The molecule has 0 fully saturated rings. The van der Waals surface area contributed by atoms with Crippen molar-refractivity contribution in [3.8, 4) is 11.3 Å². The molecule has 3 aromatic rings. The molecule has 1 aromatic carbocycles. The van der Waals surface area contributed by atoms with Crippen molar-refractivity contribution < 1.29 is 4.79 Å². The van der Waals surface area contributed by atoms with Gasteiger partial charge in [-0.25, -0.2) is 0 Å². The number of ketones is 1. The van der Waals surface area contributed by atoms with Crippen LogP contribution < -0.4 is 5.73 Å². The van der Waals surface area contributed by atoms with Gasteiger partial charge in [0.1, 0.15) is 0 Å². The van der Waals surface area contributed by atoms with Gasteiger partial charge in [0.25, 0.3) is 0 Å². The van der Waals surface area contributed by atoms with Crippen LogP contribution in [0.25, 0.3) is 11.3 Å². The maximum Gasteiger partial charge on any atom is 0.165 e. The number of nitrogens with one attached hydrogen (secondary N) is 1. The Hall–Kier alpha value is -2.88. The van der Waals surface area contributed by atoms with E-state index in [0.29, 0.717) is 12.8 Å². The van der Waals surface area contributed by atoms with Crippen LogP contribution in [-0.2, 0) is 12.8 Å². The van der Waals surface area contributed by atoms with E-state index in [1.165, 1.54) is 0 Å². The van der Waals surface area contributed by atoms with Crippen LogP contribution in [0.1, 0.15) is 47.4 Å². The third-order valence-electron chi connectivity index (χ3n) is 5.06. The number of nitrogens with two attached hydrogens (primary N) is 1. The first-order valence-electron chi connectivity index (χ1n) is 8.95. The lowest BCUT2D eigenvalue weighted by Crippen LogP contribution is -2.27. The summed E-state index contributed by atoms with van der Waals surface area (Å²) in [5.41, 5.74) is 12.9. The van der Waals surface area contributed by atoms with Gasteiger partial charge in [-0.3, -0.25) is 9.78 Å². The average Bonchev–Trinajstić information content (AvgIpc) is 2.93. The number of carbonyl (C=O) groups is 1. The van der Waals surface area contributed by atoms with E-state index in [9.17, 15) is 4.79 Å². The molecule has 2 heterocycles. The molecule has 0 saturated heterocycles. The number of pyridine rings is 1. The number of aromatic amines is 1. The van der Waals surface area contributed by atoms with Crippen molar-refractivity contribution in [1.29, 1.82) is 0 Å². The zero-order valence-corrected chi connectivity index (χ0v) is 15.2. The molecule has 0 atom stereocenters. The van der Waals surface area contributed by atoms with E-state index >= 15 is 0 Å². The normalized spacial score (nSPS) is 15.7. The molecular formula is C22H23N3O. The summed E-state index contributed by atoms with van der Waals surface area (Å²) in [6.45, 7) is 4.30. The molecule has 1 aliphatic carbocycles. The summed E-state index contributed by atoms with van der Waals surface area (Å²) in [4.78, 5) is 20.6. The Kier molecular flexibility index (Phi) is 3.91. The Morgan fingerprint density at radius 1 is 1.15 bits per heavy atom. The highest BCUT2D eigenvalue weighted by Gasteiger charge is 2.35. The minimum absolute atomic E-state index is 0.0150. The van der Waals surface area contributed by atoms with Crippen LogP contribution in [0.4, 0.5) is 5.69 Å². The number of aromatic nitrogens is 2. The van der Waals surface area contributed by atoms with Gasteiger partial charge in [0.05, 0.1) is 5.69 Å². The number of Topliss-reactive ketones (excluding diaryl/α,β-unsaturated/α-hetero) is 1. The van der Waals surface area contributed by atoms with Crippen molar-refractivity contribution in [2.24, 2.45) is 5.41 Å². The van der Waals surface area contributed by atoms with Gasteiger partial charge in [-0.2, -0.15) is 0 Å². The van der Waals surface area contributed by atoms with Crippen LogP contribution in [0, 0.1) is 5.41 Å². The van der Waals surface area contributed by atoms with Gasteiger partial charge in [-0.15, -0.1) is 0 Å². The Morgan fingerprint density at radius 3 is 2.65 bits per heavy atom. The zero-order chi connectivity index (χ0) is 18.3. The van der Waals surface area contributed by atoms with Crippen LogP contribution in [-0.4, -0.2) is 15.8 Å². The van der Waals surface area contributed by atoms with Crippen molar-refractivity contribution in [2.75, 3.05) is 5.73 Å². The number of fused-ring (bicyclic) bond motifs is 1. The molecule has 0 spiro atoms. The summed E-state index contributed by atoms with van der Waals surface area (Å²) in [5, 5.41) is 0. The first kappa shape index (κ1) is 16.6.